The lowest BCUT2D eigenvalue weighted by molar-refractivity contribution is -0.155. The maximum Gasteiger partial charge on any atom is 0.347 e. The predicted octanol–water partition coefficient (Wildman–Crippen LogP) is 3.20. The van der Waals surface area contributed by atoms with E-state index in [-0.39, 0.29) is 17.2 Å². The molecular weight excluding hydrogens is 433 g/mol. The van der Waals surface area contributed by atoms with Gasteiger partial charge < -0.3 is 19.5 Å². The van der Waals surface area contributed by atoms with Crippen LogP contribution >= 0.6 is 23.2 Å². The number of esters is 2. The Kier molecular flexibility index (Phi) is 8.95. The maximum absolute atomic E-state index is 12.2. The van der Waals surface area contributed by atoms with Gasteiger partial charge in [0.15, 0.2) is 12.7 Å². The Morgan fingerprint density at radius 2 is 1.73 bits per heavy atom. The number of methoxy groups -OCH3 is 1. The second-order valence-electron chi connectivity index (χ2n) is 6.28. The molecule has 0 aliphatic rings. The fourth-order valence-corrected chi connectivity index (χ4v) is 2.94. The van der Waals surface area contributed by atoms with E-state index in [9.17, 15) is 14.4 Å². The van der Waals surface area contributed by atoms with Gasteiger partial charge >= 0.3 is 11.9 Å². The van der Waals surface area contributed by atoms with Crippen molar-refractivity contribution < 1.29 is 28.6 Å². The van der Waals surface area contributed by atoms with Gasteiger partial charge in [-0.25, -0.2) is 9.59 Å². The molecule has 7 nitrogen and oxygen atoms in total. The van der Waals surface area contributed by atoms with Gasteiger partial charge in [0.1, 0.15) is 11.8 Å². The van der Waals surface area contributed by atoms with Crippen molar-refractivity contribution >= 4 is 41.0 Å². The molecule has 2 aromatic carbocycles. The van der Waals surface area contributed by atoms with E-state index >= 15 is 0 Å². The molecule has 2 atom stereocenters. The number of ether oxygens (including phenoxy) is 3. The Labute approximate surface area is 184 Å². The highest BCUT2D eigenvalue weighted by atomic mass is 35.5. The summed E-state index contributed by atoms with van der Waals surface area (Å²) < 4.78 is 15.1. The third-order valence-corrected chi connectivity index (χ3v) is 4.51. The van der Waals surface area contributed by atoms with Crippen LogP contribution in [0.4, 0.5) is 0 Å². The molecule has 0 saturated heterocycles. The number of nitrogens with one attached hydrogen (secondary N) is 1. The topological polar surface area (TPSA) is 90.9 Å². The summed E-state index contributed by atoms with van der Waals surface area (Å²) in [4.78, 5) is 36.2. The van der Waals surface area contributed by atoms with Crippen molar-refractivity contribution in [2.24, 2.45) is 0 Å². The van der Waals surface area contributed by atoms with Crippen LogP contribution in [0.25, 0.3) is 0 Å². The molecule has 0 fully saturated rings. The van der Waals surface area contributed by atoms with Crippen LogP contribution in [0.3, 0.4) is 0 Å². The molecule has 0 aliphatic carbocycles. The van der Waals surface area contributed by atoms with E-state index in [2.05, 4.69) is 5.32 Å². The lowest BCUT2D eigenvalue weighted by Crippen LogP contribution is -2.45. The van der Waals surface area contributed by atoms with Crippen molar-refractivity contribution in [3.63, 3.8) is 0 Å². The SMILES string of the molecule is COC(=O)C(Cc1ccccc1)NC(=O)COC(=O)C(C)Oc1ccc(Cl)cc1Cl. The number of benzene rings is 2. The number of rotatable bonds is 9. The molecule has 0 saturated carbocycles. The molecule has 0 spiro atoms. The van der Waals surface area contributed by atoms with Gasteiger partial charge in [-0.15, -0.1) is 0 Å². The van der Waals surface area contributed by atoms with E-state index in [0.717, 1.165) is 5.56 Å². The highest BCUT2D eigenvalue weighted by Crippen LogP contribution is 2.28. The molecular formula is C21H21Cl2NO6. The van der Waals surface area contributed by atoms with Crippen molar-refractivity contribution in [3.05, 3.63) is 64.1 Å². The maximum atomic E-state index is 12.2. The molecule has 1 amide bonds. The number of halogens is 2. The lowest BCUT2D eigenvalue weighted by atomic mass is 10.1. The van der Waals surface area contributed by atoms with Crippen LogP contribution in [0, 0.1) is 0 Å². The summed E-state index contributed by atoms with van der Waals surface area (Å²) >= 11 is 11.8. The average Bonchev–Trinajstić information content (AvgIpc) is 2.73. The van der Waals surface area contributed by atoms with Crippen LogP contribution in [0.1, 0.15) is 12.5 Å². The van der Waals surface area contributed by atoms with E-state index in [1.54, 1.807) is 6.07 Å². The van der Waals surface area contributed by atoms with E-state index in [4.69, 9.17) is 37.4 Å². The van der Waals surface area contributed by atoms with Crippen molar-refractivity contribution in [2.75, 3.05) is 13.7 Å². The van der Waals surface area contributed by atoms with Crippen LogP contribution in [0.15, 0.2) is 48.5 Å². The Balaban J connectivity index is 1.87. The van der Waals surface area contributed by atoms with Gasteiger partial charge in [-0.1, -0.05) is 53.5 Å². The van der Waals surface area contributed by atoms with Crippen LogP contribution in [-0.4, -0.2) is 43.7 Å². The predicted molar refractivity (Wildman–Crippen MR) is 112 cm³/mol. The molecule has 0 radical (unpaired) electrons. The van der Waals surface area contributed by atoms with Crippen molar-refractivity contribution in [1.29, 1.82) is 0 Å². The van der Waals surface area contributed by atoms with Crippen LogP contribution in [-0.2, 0) is 30.3 Å². The molecule has 1 N–H and O–H groups in total. The zero-order valence-electron chi connectivity index (χ0n) is 16.4. The summed E-state index contributed by atoms with van der Waals surface area (Å²) in [7, 11) is 1.23. The highest BCUT2D eigenvalue weighted by Gasteiger charge is 2.24. The molecule has 9 heteroatoms. The minimum absolute atomic E-state index is 0.238. The molecule has 0 heterocycles. The molecule has 0 aliphatic heterocycles. The Hall–Kier alpha value is -2.77. The zero-order chi connectivity index (χ0) is 22.1. The number of carbonyl (C=O) groups excluding carboxylic acids is 3. The van der Waals surface area contributed by atoms with Gasteiger partial charge in [-0.05, 0) is 30.7 Å². The lowest BCUT2D eigenvalue weighted by Gasteiger charge is -2.18. The second-order valence-corrected chi connectivity index (χ2v) is 7.12. The first-order chi connectivity index (χ1) is 14.3. The quantitative estimate of drug-likeness (QED) is 0.586. The first-order valence-corrected chi connectivity index (χ1v) is 9.75. The van der Waals surface area contributed by atoms with Crippen LogP contribution in [0.5, 0.6) is 5.75 Å². The number of hydrogen-bond acceptors (Lipinski definition) is 6. The van der Waals surface area contributed by atoms with Crippen molar-refractivity contribution in [3.8, 4) is 5.75 Å². The molecule has 2 unspecified atom stereocenters. The molecule has 2 rings (SSSR count). The van der Waals surface area contributed by atoms with E-state index < -0.39 is 36.6 Å². The second kappa shape index (κ2) is 11.4. The Morgan fingerprint density at radius 1 is 1.03 bits per heavy atom. The largest absolute Gasteiger partial charge is 0.477 e. The van der Waals surface area contributed by atoms with E-state index in [0.29, 0.717) is 5.02 Å². The van der Waals surface area contributed by atoms with Crippen LogP contribution < -0.4 is 10.1 Å². The van der Waals surface area contributed by atoms with E-state index in [1.165, 1.54) is 26.2 Å². The number of amides is 1. The third kappa shape index (κ3) is 7.24. The van der Waals surface area contributed by atoms with Gasteiger partial charge in [0.25, 0.3) is 5.91 Å². The Morgan fingerprint density at radius 3 is 2.37 bits per heavy atom. The van der Waals surface area contributed by atoms with Crippen molar-refractivity contribution in [1.82, 2.24) is 5.32 Å². The molecule has 160 valence electrons. The van der Waals surface area contributed by atoms with E-state index in [1.807, 2.05) is 30.3 Å². The first-order valence-electron chi connectivity index (χ1n) is 8.99. The third-order valence-electron chi connectivity index (χ3n) is 3.98. The zero-order valence-corrected chi connectivity index (χ0v) is 17.9. The standard InChI is InChI=1S/C21H21Cl2NO6/c1-13(30-18-9-8-15(22)11-16(18)23)20(26)29-12-19(25)24-17(21(27)28-2)10-14-6-4-3-5-7-14/h3-9,11,13,17H,10,12H2,1-2H3,(H,24,25). The average molecular weight is 454 g/mol. The summed E-state index contributed by atoms with van der Waals surface area (Å²) in [6, 6.07) is 12.8. The highest BCUT2D eigenvalue weighted by molar-refractivity contribution is 6.35. The normalized spacial score (nSPS) is 12.4. The van der Waals surface area contributed by atoms with Crippen molar-refractivity contribution in [2.45, 2.75) is 25.5 Å². The summed E-state index contributed by atoms with van der Waals surface area (Å²) in [6.07, 6.45) is -0.779. The Bertz CT molecular complexity index is 890. The van der Waals surface area contributed by atoms with Gasteiger partial charge in [0.05, 0.1) is 12.1 Å². The first kappa shape index (κ1) is 23.5. The summed E-state index contributed by atoms with van der Waals surface area (Å²) in [5.74, 6) is -1.77. The molecule has 0 bridgehead atoms. The summed E-state index contributed by atoms with van der Waals surface area (Å²) in [6.45, 7) is 0.876. The molecule has 30 heavy (non-hydrogen) atoms. The van der Waals surface area contributed by atoms with Gasteiger partial charge in [0, 0.05) is 11.4 Å². The molecule has 0 aromatic heterocycles. The molecule has 2 aromatic rings. The van der Waals surface area contributed by atoms with Gasteiger partial charge in [-0.3, -0.25) is 4.79 Å². The van der Waals surface area contributed by atoms with Crippen LogP contribution in [0.2, 0.25) is 10.0 Å². The summed E-state index contributed by atoms with van der Waals surface area (Å²) in [5, 5.41) is 3.17. The smallest absolute Gasteiger partial charge is 0.347 e. The summed E-state index contributed by atoms with van der Waals surface area (Å²) in [5.41, 5.74) is 0.840. The van der Waals surface area contributed by atoms with Gasteiger partial charge in [-0.2, -0.15) is 0 Å². The minimum atomic E-state index is -1.02. The minimum Gasteiger partial charge on any atom is -0.477 e. The fraction of sp³-hybridized carbons (Fsp3) is 0.286. The fourth-order valence-electron chi connectivity index (χ4n) is 2.48. The number of hydrogen-bond donors (Lipinski definition) is 1. The monoisotopic (exact) mass is 453 g/mol. The van der Waals surface area contributed by atoms with Gasteiger partial charge in [0.2, 0.25) is 0 Å². The number of carbonyl (C=O) groups is 3.